The van der Waals surface area contributed by atoms with Gasteiger partial charge in [0.25, 0.3) is 5.56 Å². The zero-order valence-electron chi connectivity index (χ0n) is 21.7. The number of rotatable bonds is 10. The number of anilines is 1. The summed E-state index contributed by atoms with van der Waals surface area (Å²) in [6.07, 6.45) is 2.40. The van der Waals surface area contributed by atoms with Gasteiger partial charge < -0.3 is 24.8 Å². The van der Waals surface area contributed by atoms with Crippen LogP contribution in [0.2, 0.25) is 0 Å². The molecule has 6 atom stereocenters. The van der Waals surface area contributed by atoms with E-state index in [0.717, 1.165) is 0 Å². The summed E-state index contributed by atoms with van der Waals surface area (Å²) in [6, 6.07) is 7.02. The quantitative estimate of drug-likeness (QED) is 0.115. The van der Waals surface area contributed by atoms with Crippen molar-refractivity contribution in [2.45, 2.75) is 56.2 Å². The van der Waals surface area contributed by atoms with E-state index in [1.54, 1.807) is 44.2 Å². The van der Waals surface area contributed by atoms with Crippen molar-refractivity contribution in [2.24, 2.45) is 0 Å². The van der Waals surface area contributed by atoms with E-state index in [4.69, 9.17) is 42.3 Å². The Balaban J connectivity index is 1.59. The fourth-order valence-electron chi connectivity index (χ4n) is 3.93. The molecule has 3 aromatic rings. The van der Waals surface area contributed by atoms with Gasteiger partial charge in [0.1, 0.15) is 24.0 Å². The van der Waals surface area contributed by atoms with E-state index < -0.39 is 61.3 Å². The van der Waals surface area contributed by atoms with Crippen molar-refractivity contribution in [2.75, 3.05) is 12.3 Å². The van der Waals surface area contributed by atoms with Crippen LogP contribution < -0.4 is 20.9 Å². The monoisotopic (exact) mass is 594 g/mol. The van der Waals surface area contributed by atoms with Gasteiger partial charge in [0.05, 0.1) is 19.0 Å². The number of nitrogens with one attached hydrogen (secondary N) is 2. The van der Waals surface area contributed by atoms with E-state index in [9.17, 15) is 19.3 Å². The van der Waals surface area contributed by atoms with Gasteiger partial charge in [0, 0.05) is 0 Å². The van der Waals surface area contributed by atoms with Crippen molar-refractivity contribution >= 4 is 42.4 Å². The highest BCUT2D eigenvalue weighted by molar-refractivity contribution is 7.52. The number of halogens is 1. The molecular formula is C24H28ClN6O8P. The van der Waals surface area contributed by atoms with Gasteiger partial charge in [0.2, 0.25) is 5.95 Å². The van der Waals surface area contributed by atoms with Crippen LogP contribution in [-0.4, -0.2) is 66.4 Å². The zero-order valence-corrected chi connectivity index (χ0v) is 23.3. The minimum absolute atomic E-state index is 0.0116. The number of nitrogens with zero attached hydrogens (tertiary/aromatic N) is 3. The smallest absolute Gasteiger partial charge is 0.459 e. The summed E-state index contributed by atoms with van der Waals surface area (Å²) < 4.78 is 37.4. The number of H-pyrrole nitrogens is 1. The predicted molar refractivity (Wildman–Crippen MR) is 144 cm³/mol. The molecule has 214 valence electrons. The first-order valence-corrected chi connectivity index (χ1v) is 14.0. The molecule has 0 amide bonds. The molecule has 1 aliphatic rings. The van der Waals surface area contributed by atoms with Gasteiger partial charge in [-0.15, -0.1) is 6.42 Å². The van der Waals surface area contributed by atoms with E-state index in [0.29, 0.717) is 0 Å². The Morgan fingerprint density at radius 2 is 2.10 bits per heavy atom. The van der Waals surface area contributed by atoms with Crippen LogP contribution in [0.25, 0.3) is 11.2 Å². The van der Waals surface area contributed by atoms with E-state index in [-0.39, 0.29) is 22.9 Å². The van der Waals surface area contributed by atoms with Crippen LogP contribution in [0, 0.1) is 12.3 Å². The minimum Gasteiger partial charge on any atom is -0.462 e. The van der Waals surface area contributed by atoms with Crippen molar-refractivity contribution in [3.63, 3.8) is 0 Å². The highest BCUT2D eigenvalue weighted by atomic mass is 35.5. The van der Waals surface area contributed by atoms with Crippen LogP contribution in [0.5, 0.6) is 5.75 Å². The first-order chi connectivity index (χ1) is 18.9. The number of imidazole rings is 1. The highest BCUT2D eigenvalue weighted by Gasteiger charge is 2.56. The first-order valence-electron chi connectivity index (χ1n) is 12.1. The molecule has 0 bridgehead atoms. The number of aromatic amines is 1. The Bertz CT molecular complexity index is 1530. The second kappa shape index (κ2) is 11.6. The average Bonchev–Trinajstić information content (AvgIpc) is 3.42. The van der Waals surface area contributed by atoms with E-state index >= 15 is 0 Å². The number of nitrogens with two attached hydrogens (primary N) is 1. The number of ether oxygens (including phenoxy) is 2. The lowest BCUT2D eigenvalue weighted by Crippen LogP contribution is -2.42. The first kappa shape index (κ1) is 29.5. The number of carbonyl (C=O) groups is 1. The number of aromatic nitrogens is 4. The molecule has 1 aliphatic heterocycles. The Kier molecular flexibility index (Phi) is 8.55. The molecule has 1 unspecified atom stereocenters. The highest BCUT2D eigenvalue weighted by Crippen LogP contribution is 2.48. The fourth-order valence-corrected chi connectivity index (χ4v) is 5.73. The number of hydrogen-bond donors (Lipinski definition) is 4. The maximum Gasteiger partial charge on any atom is 0.459 e. The second-order valence-corrected chi connectivity index (χ2v) is 11.5. The molecular weight excluding hydrogens is 567 g/mol. The number of terminal acetylenes is 1. The number of carbonyl (C=O) groups excluding carboxylic acids is 1. The van der Waals surface area contributed by atoms with Gasteiger partial charge in [-0.2, -0.15) is 10.1 Å². The Hall–Kier alpha value is -3.44. The average molecular weight is 595 g/mol. The Morgan fingerprint density at radius 3 is 2.75 bits per heavy atom. The summed E-state index contributed by atoms with van der Waals surface area (Å²) in [4.78, 5) is 33.1. The number of aliphatic hydroxyl groups is 1. The van der Waals surface area contributed by atoms with Gasteiger partial charge >= 0.3 is 13.7 Å². The number of fused-ring (bicyclic) bond motifs is 1. The molecule has 1 fully saturated rings. The fraction of sp³-hybridized carbons (Fsp3) is 0.417. The normalized spacial score (nSPS) is 24.9. The second-order valence-electron chi connectivity index (χ2n) is 9.19. The lowest BCUT2D eigenvalue weighted by atomic mass is 9.99. The number of aliphatic hydroxyl groups excluding tert-OH is 1. The largest absolute Gasteiger partial charge is 0.462 e. The topological polar surface area (TPSA) is 193 Å². The third-order valence-corrected chi connectivity index (χ3v) is 7.97. The molecule has 14 nitrogen and oxygen atoms in total. The van der Waals surface area contributed by atoms with Crippen molar-refractivity contribution < 1.29 is 33.0 Å². The molecule has 0 radical (unpaired) electrons. The molecule has 4 rings (SSSR count). The number of benzene rings is 1. The van der Waals surface area contributed by atoms with E-state index in [1.165, 1.54) is 17.8 Å². The lowest BCUT2D eigenvalue weighted by molar-refractivity contribution is -0.149. The molecule has 0 saturated carbocycles. The molecule has 1 aromatic carbocycles. The number of para-hydroxylation sites is 1. The third kappa shape index (κ3) is 6.00. The third-order valence-electron chi connectivity index (χ3n) is 5.80. The van der Waals surface area contributed by atoms with Crippen molar-refractivity contribution in [1.82, 2.24) is 24.6 Å². The number of hydrogen-bond acceptors (Lipinski definition) is 11. The van der Waals surface area contributed by atoms with Crippen molar-refractivity contribution in [1.29, 1.82) is 0 Å². The summed E-state index contributed by atoms with van der Waals surface area (Å²) in [6.45, 7) is 4.23. The molecule has 0 spiro atoms. The maximum absolute atomic E-state index is 13.8. The van der Waals surface area contributed by atoms with Crippen molar-refractivity contribution in [3.8, 4) is 18.1 Å². The molecule has 3 heterocycles. The molecule has 40 heavy (non-hydrogen) atoms. The van der Waals surface area contributed by atoms with E-state index in [2.05, 4.69) is 26.0 Å². The molecule has 2 aromatic heterocycles. The van der Waals surface area contributed by atoms with Crippen LogP contribution in [0.15, 0.2) is 41.5 Å². The van der Waals surface area contributed by atoms with E-state index in [1.807, 2.05) is 0 Å². The Morgan fingerprint density at radius 1 is 1.40 bits per heavy atom. The summed E-state index contributed by atoms with van der Waals surface area (Å²) >= 11 is 6.65. The standard InChI is InChI=1S/C24H28ClN6O8P/c1-5-24(25)18(32)16(38-22(24)31-12-27-17-19(31)28-23(26)29-20(17)33)11-36-40(35,39-15-9-7-6-8-10-15)30-14(4)21(34)37-13(2)3/h1,6-10,12-14,16,18,22,32H,11H2,2-4H3,(H,30,35)(H3,26,28,29,33)/t14-,16+,18-,22+,24+,40?/m0/s1. The predicted octanol–water partition coefficient (Wildman–Crippen LogP) is 1.70. The molecule has 5 N–H and O–H groups in total. The van der Waals surface area contributed by atoms with Crippen LogP contribution in [0.3, 0.4) is 0 Å². The van der Waals surface area contributed by atoms with Crippen LogP contribution in [0.1, 0.15) is 27.0 Å². The van der Waals surface area contributed by atoms with Gasteiger partial charge in [-0.3, -0.25) is 23.7 Å². The number of nitrogen functional groups attached to an aromatic ring is 1. The van der Waals surface area contributed by atoms with Crippen LogP contribution in [0.4, 0.5) is 5.95 Å². The molecule has 1 saturated heterocycles. The molecule has 0 aliphatic carbocycles. The summed E-state index contributed by atoms with van der Waals surface area (Å²) in [5.41, 5.74) is 5.03. The van der Waals surface area contributed by atoms with Gasteiger partial charge in [-0.1, -0.05) is 35.7 Å². The van der Waals surface area contributed by atoms with Crippen LogP contribution in [-0.2, 0) is 23.4 Å². The Labute approximate surface area is 233 Å². The molecule has 16 heteroatoms. The minimum atomic E-state index is -4.29. The number of esters is 1. The maximum atomic E-state index is 13.8. The van der Waals surface area contributed by atoms with Gasteiger partial charge in [-0.25, -0.2) is 9.55 Å². The van der Waals surface area contributed by atoms with Gasteiger partial charge in [-0.05, 0) is 32.9 Å². The number of alkyl halides is 1. The van der Waals surface area contributed by atoms with Gasteiger partial charge in [0.15, 0.2) is 22.3 Å². The summed E-state index contributed by atoms with van der Waals surface area (Å²) in [5.74, 6) is 1.63. The summed E-state index contributed by atoms with van der Waals surface area (Å²) in [5, 5.41) is 13.6. The SMILES string of the molecule is C#C[C@@]1(Cl)[C@@H](O)[C@@H](COP(=O)(N[C@@H](C)C(=O)OC(C)C)Oc2ccccc2)O[C@H]1n1cnc2c(=O)[nH]c(N)nc21. The van der Waals surface area contributed by atoms with Crippen LogP contribution >= 0.6 is 19.3 Å². The van der Waals surface area contributed by atoms with Crippen molar-refractivity contribution in [3.05, 3.63) is 47.0 Å². The lowest BCUT2D eigenvalue weighted by Gasteiger charge is -2.26. The summed E-state index contributed by atoms with van der Waals surface area (Å²) in [7, 11) is -4.29. The zero-order chi connectivity index (χ0) is 29.2.